The van der Waals surface area contributed by atoms with Crippen LogP contribution in [0.3, 0.4) is 0 Å². The Hall–Kier alpha value is -4.34. The summed E-state index contributed by atoms with van der Waals surface area (Å²) >= 11 is 0. The third kappa shape index (κ3) is 4.88. The van der Waals surface area contributed by atoms with Gasteiger partial charge in [0.15, 0.2) is 0 Å². The Kier molecular flexibility index (Phi) is 6.57. The van der Waals surface area contributed by atoms with Crippen LogP contribution in [-0.4, -0.2) is 71.2 Å². The number of anilines is 2. The topological polar surface area (TPSA) is 94.8 Å². The second-order valence-corrected chi connectivity index (χ2v) is 8.51. The fourth-order valence-corrected chi connectivity index (χ4v) is 4.26. The quantitative estimate of drug-likeness (QED) is 0.349. The number of nitrogens with zero attached hydrogens (tertiary/aromatic N) is 6. The van der Waals surface area contributed by atoms with E-state index in [9.17, 15) is 4.79 Å². The van der Waals surface area contributed by atoms with Crippen LogP contribution in [0.2, 0.25) is 0 Å². The van der Waals surface area contributed by atoms with Gasteiger partial charge in [-0.05, 0) is 24.6 Å². The molecule has 0 bridgehead atoms. The first kappa shape index (κ1) is 23.4. The minimum atomic E-state index is -0.256. The molecule has 36 heavy (non-hydrogen) atoms. The minimum Gasteiger partial charge on any atom is -0.497 e. The Morgan fingerprint density at radius 3 is 2.50 bits per heavy atom. The van der Waals surface area contributed by atoms with Crippen molar-refractivity contribution in [3.63, 3.8) is 0 Å². The van der Waals surface area contributed by atoms with Gasteiger partial charge in [0.25, 0.3) is 0 Å². The first-order valence-corrected chi connectivity index (χ1v) is 11.7. The zero-order chi connectivity index (χ0) is 25.1. The average molecular weight is 489 g/mol. The van der Waals surface area contributed by atoms with Crippen molar-refractivity contribution >= 4 is 28.5 Å². The molecule has 1 fully saturated rings. The van der Waals surface area contributed by atoms with E-state index in [1.54, 1.807) is 36.2 Å². The van der Waals surface area contributed by atoms with E-state index < -0.39 is 0 Å². The molecule has 0 spiro atoms. The van der Waals surface area contributed by atoms with Gasteiger partial charge in [0.1, 0.15) is 18.1 Å². The van der Waals surface area contributed by atoms with Gasteiger partial charge in [-0.3, -0.25) is 9.67 Å². The van der Waals surface area contributed by atoms with Gasteiger partial charge < -0.3 is 24.0 Å². The van der Waals surface area contributed by atoms with Crippen molar-refractivity contribution in [1.29, 1.82) is 0 Å². The summed E-state index contributed by atoms with van der Waals surface area (Å²) in [5.74, 6) is 1.38. The summed E-state index contributed by atoms with van der Waals surface area (Å²) in [5.41, 5.74) is 5.09. The molecule has 2 aromatic carbocycles. The Morgan fingerprint density at radius 1 is 1.03 bits per heavy atom. The van der Waals surface area contributed by atoms with Crippen LogP contribution in [0.15, 0.2) is 55.0 Å². The summed E-state index contributed by atoms with van der Waals surface area (Å²) in [7, 11) is 5.14. The summed E-state index contributed by atoms with van der Waals surface area (Å²) < 4.78 is 17.8. The van der Waals surface area contributed by atoms with Crippen LogP contribution >= 0.6 is 0 Å². The Bertz CT molecular complexity index is 1370. The van der Waals surface area contributed by atoms with Crippen molar-refractivity contribution in [2.45, 2.75) is 6.42 Å². The van der Waals surface area contributed by atoms with Crippen LogP contribution < -0.4 is 14.4 Å². The van der Waals surface area contributed by atoms with Gasteiger partial charge in [0.2, 0.25) is 0 Å². The molecular weight excluding hydrogens is 460 g/mol. The Labute approximate surface area is 209 Å². The highest BCUT2D eigenvalue weighted by Gasteiger charge is 2.22. The van der Waals surface area contributed by atoms with Crippen molar-refractivity contribution in [3.05, 3.63) is 55.0 Å². The number of ether oxygens (including phenoxy) is 3. The summed E-state index contributed by atoms with van der Waals surface area (Å²) in [6.45, 7) is 2.32. The third-order valence-corrected chi connectivity index (χ3v) is 6.14. The third-order valence-electron chi connectivity index (χ3n) is 6.14. The second-order valence-electron chi connectivity index (χ2n) is 8.51. The fourth-order valence-electron chi connectivity index (χ4n) is 4.26. The molecule has 1 aliphatic rings. The predicted octanol–water partition coefficient (Wildman–Crippen LogP) is 4.03. The van der Waals surface area contributed by atoms with E-state index in [-0.39, 0.29) is 6.09 Å². The number of aryl methyl sites for hydroxylation is 1. The maximum absolute atomic E-state index is 11.9. The molecule has 1 amide bonds. The molecule has 4 aromatic rings. The van der Waals surface area contributed by atoms with Crippen molar-refractivity contribution in [2.75, 3.05) is 45.4 Å². The molecular formula is C26H28N6O4. The van der Waals surface area contributed by atoms with E-state index in [0.717, 1.165) is 40.1 Å². The molecule has 3 heterocycles. The van der Waals surface area contributed by atoms with Gasteiger partial charge in [-0.25, -0.2) is 9.78 Å². The fraction of sp³-hybridized carbons (Fsp3) is 0.308. The highest BCUT2D eigenvalue weighted by Crippen LogP contribution is 2.34. The number of hydrogen-bond donors (Lipinski definition) is 0. The molecule has 0 atom stereocenters. The summed E-state index contributed by atoms with van der Waals surface area (Å²) in [6.07, 6.45) is 5.94. The van der Waals surface area contributed by atoms with E-state index in [0.29, 0.717) is 37.7 Å². The van der Waals surface area contributed by atoms with Crippen molar-refractivity contribution in [1.82, 2.24) is 24.6 Å². The van der Waals surface area contributed by atoms with Gasteiger partial charge in [0.05, 0.1) is 49.9 Å². The average Bonchev–Trinajstić information content (AvgIpc) is 3.53. The number of benzene rings is 2. The van der Waals surface area contributed by atoms with Crippen LogP contribution in [0.4, 0.5) is 16.2 Å². The van der Waals surface area contributed by atoms with Gasteiger partial charge in [-0.2, -0.15) is 5.10 Å². The van der Waals surface area contributed by atoms with Gasteiger partial charge in [-0.15, -0.1) is 0 Å². The summed E-state index contributed by atoms with van der Waals surface area (Å²) in [4.78, 5) is 25.2. The SMILES string of the molecule is COc1cc(OC)cc(N(CCCN2CCOC2=O)c2ccc3ncc(-c4cnn(C)c4)nc3c2)c1. The summed E-state index contributed by atoms with van der Waals surface area (Å²) in [5, 5.41) is 4.24. The standard InChI is InChI=1S/C26H28N6O4/c1-30-17-18(15-28-30)25-16-27-23-6-5-19(13-24(23)29-25)32(8-4-7-31-9-10-36-26(31)33)20-11-21(34-2)14-22(12-20)35-3/h5-6,11-17H,4,7-10H2,1-3H3. The molecule has 10 heteroatoms. The van der Waals surface area contributed by atoms with Crippen LogP contribution in [0, 0.1) is 0 Å². The van der Waals surface area contributed by atoms with E-state index in [4.69, 9.17) is 19.2 Å². The number of carbonyl (C=O) groups excluding carboxylic acids is 1. The van der Waals surface area contributed by atoms with Crippen molar-refractivity contribution in [2.24, 2.45) is 7.05 Å². The molecule has 186 valence electrons. The summed E-state index contributed by atoms with van der Waals surface area (Å²) in [6, 6.07) is 11.8. The normalized spacial score (nSPS) is 13.2. The number of carbonyl (C=O) groups is 1. The van der Waals surface area contributed by atoms with Gasteiger partial charge in [-0.1, -0.05) is 0 Å². The number of hydrogen-bond acceptors (Lipinski definition) is 8. The van der Waals surface area contributed by atoms with Crippen LogP contribution in [0.25, 0.3) is 22.3 Å². The molecule has 0 unspecified atom stereocenters. The number of cyclic esters (lactones) is 1. The van der Waals surface area contributed by atoms with E-state index in [1.165, 1.54) is 0 Å². The van der Waals surface area contributed by atoms with Gasteiger partial charge in [0, 0.05) is 61.5 Å². The zero-order valence-electron chi connectivity index (χ0n) is 20.5. The molecule has 10 nitrogen and oxygen atoms in total. The number of amides is 1. The van der Waals surface area contributed by atoms with E-state index in [2.05, 4.69) is 15.0 Å². The van der Waals surface area contributed by atoms with E-state index in [1.807, 2.05) is 49.6 Å². The number of rotatable bonds is 9. The van der Waals surface area contributed by atoms with Crippen molar-refractivity contribution in [3.8, 4) is 22.8 Å². The lowest BCUT2D eigenvalue weighted by atomic mass is 10.1. The van der Waals surface area contributed by atoms with Crippen LogP contribution in [-0.2, 0) is 11.8 Å². The lowest BCUT2D eigenvalue weighted by Crippen LogP contribution is -2.28. The molecule has 0 N–H and O–H groups in total. The maximum Gasteiger partial charge on any atom is 0.409 e. The zero-order valence-corrected chi connectivity index (χ0v) is 20.5. The first-order valence-electron chi connectivity index (χ1n) is 11.7. The second kappa shape index (κ2) is 10.1. The number of fused-ring (bicyclic) bond motifs is 1. The minimum absolute atomic E-state index is 0.256. The first-order chi connectivity index (χ1) is 17.5. The Balaban J connectivity index is 1.50. The highest BCUT2D eigenvalue weighted by molar-refractivity contribution is 5.82. The molecule has 1 saturated heterocycles. The lowest BCUT2D eigenvalue weighted by molar-refractivity contribution is 0.158. The monoisotopic (exact) mass is 488 g/mol. The molecule has 1 aliphatic heterocycles. The molecule has 2 aromatic heterocycles. The molecule has 0 radical (unpaired) electrons. The van der Waals surface area contributed by atoms with Crippen LogP contribution in [0.5, 0.6) is 11.5 Å². The van der Waals surface area contributed by atoms with Crippen LogP contribution in [0.1, 0.15) is 6.42 Å². The van der Waals surface area contributed by atoms with Crippen molar-refractivity contribution < 1.29 is 19.0 Å². The largest absolute Gasteiger partial charge is 0.497 e. The lowest BCUT2D eigenvalue weighted by Gasteiger charge is -2.27. The smallest absolute Gasteiger partial charge is 0.409 e. The number of methoxy groups -OCH3 is 2. The van der Waals surface area contributed by atoms with E-state index >= 15 is 0 Å². The molecule has 5 rings (SSSR count). The predicted molar refractivity (Wildman–Crippen MR) is 136 cm³/mol. The molecule has 0 saturated carbocycles. The molecule has 0 aliphatic carbocycles. The van der Waals surface area contributed by atoms with Gasteiger partial charge >= 0.3 is 6.09 Å². The Morgan fingerprint density at radius 2 is 1.83 bits per heavy atom. The highest BCUT2D eigenvalue weighted by atomic mass is 16.6. The number of aromatic nitrogens is 4. The maximum atomic E-state index is 11.9.